The number of carboxylic acid groups (broad SMARTS) is 1. The molecular weight excluding hydrogens is 282 g/mol. The van der Waals surface area contributed by atoms with E-state index in [9.17, 15) is 4.79 Å². The molecule has 0 aliphatic carbocycles. The molecule has 2 aromatic rings. The number of halogens is 1. The number of nitrogens with one attached hydrogen (secondary N) is 1. The summed E-state index contributed by atoms with van der Waals surface area (Å²) in [6.45, 7) is 2.41. The summed E-state index contributed by atoms with van der Waals surface area (Å²) in [4.78, 5) is 19.0. The molecule has 7 heteroatoms. The molecule has 0 atom stereocenters. The molecule has 0 amide bonds. The van der Waals surface area contributed by atoms with Crippen molar-refractivity contribution >= 4 is 29.1 Å². The lowest BCUT2D eigenvalue weighted by molar-refractivity contribution is 0.0697. The standard InChI is InChI=1S/C13H12ClN3O3/c1-2-20-12-4-3-9(7-15-12)16-11-6-8(13(18)19)5-10(14)17-11/h3-7H,2H2,1H3,(H,16,17)(H,18,19). The van der Waals surface area contributed by atoms with E-state index in [-0.39, 0.29) is 10.7 Å². The number of ether oxygens (including phenoxy) is 1. The molecule has 2 rings (SSSR count). The number of aromatic carboxylic acids is 1. The predicted molar refractivity (Wildman–Crippen MR) is 74.9 cm³/mol. The number of rotatable bonds is 5. The molecule has 0 saturated heterocycles. The van der Waals surface area contributed by atoms with Crippen LogP contribution < -0.4 is 10.1 Å². The summed E-state index contributed by atoms with van der Waals surface area (Å²) in [7, 11) is 0. The van der Waals surface area contributed by atoms with Crippen molar-refractivity contribution < 1.29 is 14.6 Å². The summed E-state index contributed by atoms with van der Waals surface area (Å²) in [5.74, 6) is -0.216. The van der Waals surface area contributed by atoms with E-state index in [1.165, 1.54) is 12.1 Å². The van der Waals surface area contributed by atoms with Gasteiger partial charge in [0, 0.05) is 6.07 Å². The van der Waals surface area contributed by atoms with Crippen molar-refractivity contribution in [2.75, 3.05) is 11.9 Å². The van der Waals surface area contributed by atoms with E-state index in [0.29, 0.717) is 24.0 Å². The molecular formula is C13H12ClN3O3. The fourth-order valence-electron chi connectivity index (χ4n) is 1.52. The van der Waals surface area contributed by atoms with Gasteiger partial charge in [-0.05, 0) is 25.1 Å². The SMILES string of the molecule is CCOc1ccc(Nc2cc(C(=O)O)cc(Cl)n2)cn1. The van der Waals surface area contributed by atoms with Gasteiger partial charge in [-0.2, -0.15) is 0 Å². The Kier molecular flexibility index (Phi) is 4.37. The first-order valence-electron chi connectivity index (χ1n) is 5.85. The average molecular weight is 294 g/mol. The molecule has 0 fully saturated rings. The third-order valence-electron chi connectivity index (χ3n) is 2.34. The highest BCUT2D eigenvalue weighted by Gasteiger charge is 2.08. The van der Waals surface area contributed by atoms with Crippen LogP contribution in [0.3, 0.4) is 0 Å². The maximum absolute atomic E-state index is 10.9. The van der Waals surface area contributed by atoms with Gasteiger partial charge in [0.05, 0.1) is 24.1 Å². The number of hydrogen-bond donors (Lipinski definition) is 2. The molecule has 0 aliphatic heterocycles. The van der Waals surface area contributed by atoms with Gasteiger partial charge in [-0.1, -0.05) is 11.6 Å². The highest BCUT2D eigenvalue weighted by molar-refractivity contribution is 6.29. The molecule has 0 unspecified atom stereocenters. The van der Waals surface area contributed by atoms with Crippen LogP contribution in [-0.4, -0.2) is 27.7 Å². The van der Waals surface area contributed by atoms with Crippen LogP contribution in [0.5, 0.6) is 5.88 Å². The first-order valence-corrected chi connectivity index (χ1v) is 6.23. The maximum atomic E-state index is 10.9. The number of carbonyl (C=O) groups is 1. The van der Waals surface area contributed by atoms with Gasteiger partial charge in [0.15, 0.2) is 0 Å². The summed E-state index contributed by atoms with van der Waals surface area (Å²) in [5, 5.41) is 12.0. The zero-order chi connectivity index (χ0) is 14.5. The Hall–Kier alpha value is -2.34. The van der Waals surface area contributed by atoms with E-state index < -0.39 is 5.97 Å². The normalized spacial score (nSPS) is 10.1. The third kappa shape index (κ3) is 3.58. The Balaban J connectivity index is 2.19. The second-order valence-corrected chi connectivity index (χ2v) is 4.20. The zero-order valence-electron chi connectivity index (χ0n) is 10.6. The Morgan fingerprint density at radius 1 is 1.45 bits per heavy atom. The van der Waals surface area contributed by atoms with Crippen molar-refractivity contribution in [3.8, 4) is 5.88 Å². The summed E-state index contributed by atoms with van der Waals surface area (Å²) in [5.41, 5.74) is 0.714. The summed E-state index contributed by atoms with van der Waals surface area (Å²) in [6.07, 6.45) is 1.56. The number of carboxylic acids is 1. The number of nitrogens with zero attached hydrogens (tertiary/aromatic N) is 2. The Labute approximate surface area is 120 Å². The Bertz CT molecular complexity index is 617. The first-order chi connectivity index (χ1) is 9.58. The maximum Gasteiger partial charge on any atom is 0.335 e. The summed E-state index contributed by atoms with van der Waals surface area (Å²) >= 11 is 5.78. The van der Waals surface area contributed by atoms with Crippen molar-refractivity contribution in [3.63, 3.8) is 0 Å². The van der Waals surface area contributed by atoms with Gasteiger partial charge in [0.2, 0.25) is 5.88 Å². The van der Waals surface area contributed by atoms with Crippen LogP contribution in [0.2, 0.25) is 5.15 Å². The van der Waals surface area contributed by atoms with Crippen molar-refractivity contribution in [2.45, 2.75) is 6.92 Å². The van der Waals surface area contributed by atoms with Gasteiger partial charge >= 0.3 is 5.97 Å². The van der Waals surface area contributed by atoms with E-state index in [1.807, 2.05) is 6.92 Å². The zero-order valence-corrected chi connectivity index (χ0v) is 11.4. The second-order valence-electron chi connectivity index (χ2n) is 3.81. The molecule has 6 nitrogen and oxygen atoms in total. The second kappa shape index (κ2) is 6.21. The third-order valence-corrected chi connectivity index (χ3v) is 2.54. The van der Waals surface area contributed by atoms with E-state index >= 15 is 0 Å². The van der Waals surface area contributed by atoms with E-state index in [1.54, 1.807) is 18.3 Å². The highest BCUT2D eigenvalue weighted by Crippen LogP contribution is 2.20. The van der Waals surface area contributed by atoms with Gasteiger partial charge in [0.25, 0.3) is 0 Å². The van der Waals surface area contributed by atoms with Gasteiger partial charge < -0.3 is 15.2 Å². The van der Waals surface area contributed by atoms with Crippen LogP contribution in [-0.2, 0) is 0 Å². The molecule has 0 bridgehead atoms. The molecule has 2 aromatic heterocycles. The van der Waals surface area contributed by atoms with E-state index in [4.69, 9.17) is 21.4 Å². The van der Waals surface area contributed by atoms with Crippen molar-refractivity contribution in [2.24, 2.45) is 0 Å². The topological polar surface area (TPSA) is 84.3 Å². The smallest absolute Gasteiger partial charge is 0.335 e. The molecule has 0 aliphatic rings. The lowest BCUT2D eigenvalue weighted by Gasteiger charge is -2.07. The molecule has 0 spiro atoms. The van der Waals surface area contributed by atoms with Crippen LogP contribution in [0.4, 0.5) is 11.5 Å². The van der Waals surface area contributed by atoms with E-state index in [0.717, 1.165) is 0 Å². The molecule has 0 saturated carbocycles. The van der Waals surface area contributed by atoms with Crippen molar-refractivity contribution in [1.82, 2.24) is 9.97 Å². The van der Waals surface area contributed by atoms with Gasteiger partial charge in [-0.3, -0.25) is 0 Å². The minimum atomic E-state index is -1.07. The van der Waals surface area contributed by atoms with E-state index in [2.05, 4.69) is 15.3 Å². The summed E-state index contributed by atoms with van der Waals surface area (Å²) in [6, 6.07) is 6.13. The lowest BCUT2D eigenvalue weighted by atomic mass is 10.2. The fraction of sp³-hybridized carbons (Fsp3) is 0.154. The Morgan fingerprint density at radius 3 is 2.85 bits per heavy atom. The molecule has 0 radical (unpaired) electrons. The largest absolute Gasteiger partial charge is 0.478 e. The number of hydrogen-bond acceptors (Lipinski definition) is 5. The minimum Gasteiger partial charge on any atom is -0.478 e. The van der Waals surface area contributed by atoms with Crippen LogP contribution in [0.25, 0.3) is 0 Å². The van der Waals surface area contributed by atoms with Crippen LogP contribution in [0.1, 0.15) is 17.3 Å². The summed E-state index contributed by atoms with van der Waals surface area (Å²) < 4.78 is 5.23. The number of aromatic nitrogens is 2. The number of anilines is 2. The molecule has 2 heterocycles. The lowest BCUT2D eigenvalue weighted by Crippen LogP contribution is -2.01. The van der Waals surface area contributed by atoms with Crippen molar-refractivity contribution in [1.29, 1.82) is 0 Å². The Morgan fingerprint density at radius 2 is 2.25 bits per heavy atom. The highest BCUT2D eigenvalue weighted by atomic mass is 35.5. The molecule has 20 heavy (non-hydrogen) atoms. The fourth-order valence-corrected chi connectivity index (χ4v) is 1.73. The molecule has 104 valence electrons. The monoisotopic (exact) mass is 293 g/mol. The quantitative estimate of drug-likeness (QED) is 0.825. The van der Waals surface area contributed by atoms with Gasteiger partial charge in [-0.25, -0.2) is 14.8 Å². The molecule has 2 N–H and O–H groups in total. The van der Waals surface area contributed by atoms with Crippen molar-refractivity contribution in [3.05, 3.63) is 41.2 Å². The first kappa shape index (κ1) is 14.1. The predicted octanol–water partition coefficient (Wildman–Crippen LogP) is 2.97. The van der Waals surface area contributed by atoms with Crippen LogP contribution >= 0.6 is 11.6 Å². The average Bonchev–Trinajstić information content (AvgIpc) is 2.40. The van der Waals surface area contributed by atoms with Crippen LogP contribution in [0, 0.1) is 0 Å². The number of pyridine rings is 2. The van der Waals surface area contributed by atoms with Crippen LogP contribution in [0.15, 0.2) is 30.5 Å². The molecule has 0 aromatic carbocycles. The minimum absolute atomic E-state index is 0.0615. The van der Waals surface area contributed by atoms with Gasteiger partial charge in [-0.15, -0.1) is 0 Å². The van der Waals surface area contributed by atoms with Gasteiger partial charge in [0.1, 0.15) is 11.0 Å².